The summed E-state index contributed by atoms with van der Waals surface area (Å²) >= 11 is 5.98. The lowest BCUT2D eigenvalue weighted by Gasteiger charge is -2.07. The third kappa shape index (κ3) is 3.83. The number of unbranched alkanes of at least 4 members (excludes halogenated alkanes) is 1. The van der Waals surface area contributed by atoms with Crippen LogP contribution in [0.5, 0.6) is 5.88 Å². The number of nitrogens with zero attached hydrogens (tertiary/aromatic N) is 4. The van der Waals surface area contributed by atoms with Gasteiger partial charge in [-0.25, -0.2) is 9.97 Å². The molecule has 2 rings (SSSR count). The van der Waals surface area contributed by atoms with Crippen molar-refractivity contribution in [1.29, 1.82) is 0 Å². The average Bonchev–Trinajstić information content (AvgIpc) is 2.88. The Kier molecular flexibility index (Phi) is 6.20. The van der Waals surface area contributed by atoms with E-state index in [4.69, 9.17) is 21.1 Å². The molecule has 0 saturated carbocycles. The van der Waals surface area contributed by atoms with Gasteiger partial charge in [-0.15, -0.1) is 11.6 Å². The van der Waals surface area contributed by atoms with Gasteiger partial charge in [-0.2, -0.15) is 4.98 Å². The topological polar surface area (TPSA) is 62.1 Å². The number of aryl methyl sites for hydroxylation is 1. The molecule has 21 heavy (non-hydrogen) atoms. The fourth-order valence-corrected chi connectivity index (χ4v) is 2.32. The van der Waals surface area contributed by atoms with Crippen LogP contribution in [0.1, 0.15) is 32.0 Å². The molecule has 0 spiro atoms. The van der Waals surface area contributed by atoms with E-state index in [1.54, 1.807) is 7.11 Å². The molecule has 0 unspecified atom stereocenters. The van der Waals surface area contributed by atoms with Crippen molar-refractivity contribution < 1.29 is 9.47 Å². The van der Waals surface area contributed by atoms with Gasteiger partial charge in [0.2, 0.25) is 5.88 Å². The molecule has 0 N–H and O–H groups in total. The number of hydrogen-bond acceptors (Lipinski definition) is 5. The minimum absolute atomic E-state index is 0.330. The minimum atomic E-state index is 0.330. The van der Waals surface area contributed by atoms with E-state index in [0.717, 1.165) is 50.5 Å². The number of ether oxygens (including phenoxy) is 2. The molecule has 0 aliphatic carbocycles. The Morgan fingerprint density at radius 1 is 1.24 bits per heavy atom. The molecule has 0 bridgehead atoms. The molecular weight excluding hydrogens is 292 g/mol. The molecule has 2 aromatic rings. The fourth-order valence-electron chi connectivity index (χ4n) is 2.12. The van der Waals surface area contributed by atoms with Crippen LogP contribution in [0.4, 0.5) is 0 Å². The summed E-state index contributed by atoms with van der Waals surface area (Å²) in [5.74, 6) is 1.58. The Balaban J connectivity index is 2.07. The van der Waals surface area contributed by atoms with Gasteiger partial charge in [-0.05, 0) is 12.8 Å². The third-order valence-corrected chi connectivity index (χ3v) is 3.44. The van der Waals surface area contributed by atoms with Gasteiger partial charge in [-0.3, -0.25) is 0 Å². The van der Waals surface area contributed by atoms with Crippen molar-refractivity contribution in [3.8, 4) is 5.88 Å². The van der Waals surface area contributed by atoms with Crippen LogP contribution in [-0.4, -0.2) is 39.8 Å². The molecule has 6 nitrogen and oxygen atoms in total. The highest BCUT2D eigenvalue weighted by Crippen LogP contribution is 2.22. The van der Waals surface area contributed by atoms with E-state index in [1.807, 2.05) is 4.57 Å². The largest absolute Gasteiger partial charge is 0.479 e. The van der Waals surface area contributed by atoms with Crippen molar-refractivity contribution in [2.24, 2.45) is 0 Å². The minimum Gasteiger partial charge on any atom is -0.479 e. The van der Waals surface area contributed by atoms with Gasteiger partial charge in [0.15, 0.2) is 11.2 Å². The molecule has 0 aliphatic heterocycles. The Morgan fingerprint density at radius 2 is 2.05 bits per heavy atom. The summed E-state index contributed by atoms with van der Waals surface area (Å²) in [6.07, 6.45) is 4.63. The second kappa shape index (κ2) is 8.14. The predicted molar refractivity (Wildman–Crippen MR) is 81.8 cm³/mol. The zero-order valence-corrected chi connectivity index (χ0v) is 13.3. The molecular formula is C14H21ClN4O2. The molecule has 0 aliphatic rings. The summed E-state index contributed by atoms with van der Waals surface area (Å²) in [5, 5.41) is 0. The SMILES string of the molecule is CCCCOCCCn1c(CCl)nc2c(OC)ncnc21. The molecule has 0 radical (unpaired) electrons. The molecule has 0 atom stereocenters. The normalized spacial score (nSPS) is 11.2. The van der Waals surface area contributed by atoms with Crippen molar-refractivity contribution in [3.63, 3.8) is 0 Å². The summed E-state index contributed by atoms with van der Waals surface area (Å²) in [5.41, 5.74) is 1.41. The van der Waals surface area contributed by atoms with Crippen LogP contribution in [0.2, 0.25) is 0 Å². The van der Waals surface area contributed by atoms with Crippen molar-refractivity contribution in [1.82, 2.24) is 19.5 Å². The lowest BCUT2D eigenvalue weighted by molar-refractivity contribution is 0.126. The van der Waals surface area contributed by atoms with E-state index in [9.17, 15) is 0 Å². The van der Waals surface area contributed by atoms with E-state index in [1.165, 1.54) is 6.33 Å². The zero-order valence-electron chi connectivity index (χ0n) is 12.5. The number of aromatic nitrogens is 4. The monoisotopic (exact) mass is 312 g/mol. The summed E-state index contributed by atoms with van der Waals surface area (Å²) < 4.78 is 12.8. The number of alkyl halides is 1. The number of rotatable bonds is 9. The number of imidazole rings is 1. The summed E-state index contributed by atoms with van der Waals surface area (Å²) in [4.78, 5) is 12.8. The number of hydrogen-bond donors (Lipinski definition) is 0. The van der Waals surface area contributed by atoms with Gasteiger partial charge in [0.1, 0.15) is 12.2 Å². The van der Waals surface area contributed by atoms with E-state index in [-0.39, 0.29) is 0 Å². The average molecular weight is 313 g/mol. The Hall–Kier alpha value is -1.40. The first-order valence-electron chi connectivity index (χ1n) is 7.19. The van der Waals surface area contributed by atoms with Crippen LogP contribution in [-0.2, 0) is 17.2 Å². The van der Waals surface area contributed by atoms with E-state index < -0.39 is 0 Å². The smallest absolute Gasteiger partial charge is 0.245 e. The van der Waals surface area contributed by atoms with Crippen molar-refractivity contribution in [2.45, 2.75) is 38.6 Å². The van der Waals surface area contributed by atoms with Crippen LogP contribution in [0.3, 0.4) is 0 Å². The third-order valence-electron chi connectivity index (χ3n) is 3.20. The Bertz CT molecular complexity index is 573. The fraction of sp³-hybridized carbons (Fsp3) is 0.643. The first kappa shape index (κ1) is 16.0. The highest BCUT2D eigenvalue weighted by atomic mass is 35.5. The lowest BCUT2D eigenvalue weighted by atomic mass is 10.3. The maximum Gasteiger partial charge on any atom is 0.245 e. The predicted octanol–water partition coefficient (Wildman–Crippen LogP) is 2.78. The molecule has 2 heterocycles. The van der Waals surface area contributed by atoms with Crippen LogP contribution >= 0.6 is 11.6 Å². The van der Waals surface area contributed by atoms with Gasteiger partial charge in [0, 0.05) is 19.8 Å². The number of halogens is 1. The second-order valence-electron chi connectivity index (χ2n) is 4.69. The standard InChI is InChI=1S/C14H21ClN4O2/c1-3-4-7-21-8-5-6-19-11(9-15)18-12-13(19)16-10-17-14(12)20-2/h10H,3-9H2,1-2H3. The molecule has 0 aromatic carbocycles. The van der Waals surface area contributed by atoms with Crippen LogP contribution in [0, 0.1) is 0 Å². The number of fused-ring (bicyclic) bond motifs is 1. The maximum atomic E-state index is 5.98. The van der Waals surface area contributed by atoms with Gasteiger partial charge in [-0.1, -0.05) is 13.3 Å². The summed E-state index contributed by atoms with van der Waals surface area (Å²) in [7, 11) is 1.57. The van der Waals surface area contributed by atoms with Crippen LogP contribution in [0.25, 0.3) is 11.2 Å². The van der Waals surface area contributed by atoms with Crippen LogP contribution < -0.4 is 4.74 Å². The number of methoxy groups -OCH3 is 1. The quantitative estimate of drug-likeness (QED) is 0.526. The van der Waals surface area contributed by atoms with E-state index in [0.29, 0.717) is 17.3 Å². The zero-order chi connectivity index (χ0) is 15.1. The van der Waals surface area contributed by atoms with Gasteiger partial charge in [0.25, 0.3) is 0 Å². The second-order valence-corrected chi connectivity index (χ2v) is 4.96. The summed E-state index contributed by atoms with van der Waals surface area (Å²) in [6.45, 7) is 4.47. The van der Waals surface area contributed by atoms with Crippen LogP contribution in [0.15, 0.2) is 6.33 Å². The van der Waals surface area contributed by atoms with E-state index in [2.05, 4.69) is 21.9 Å². The molecule has 0 saturated heterocycles. The lowest BCUT2D eigenvalue weighted by Crippen LogP contribution is -2.07. The molecule has 0 amide bonds. The Labute approximate surface area is 129 Å². The summed E-state index contributed by atoms with van der Waals surface area (Å²) in [6, 6.07) is 0. The highest BCUT2D eigenvalue weighted by molar-refractivity contribution is 6.16. The molecule has 7 heteroatoms. The first-order chi connectivity index (χ1) is 10.3. The Morgan fingerprint density at radius 3 is 2.76 bits per heavy atom. The van der Waals surface area contributed by atoms with Crippen molar-refractivity contribution in [2.75, 3.05) is 20.3 Å². The molecule has 116 valence electrons. The first-order valence-corrected chi connectivity index (χ1v) is 7.73. The molecule has 0 fully saturated rings. The van der Waals surface area contributed by atoms with Crippen molar-refractivity contribution in [3.05, 3.63) is 12.2 Å². The van der Waals surface area contributed by atoms with E-state index >= 15 is 0 Å². The van der Waals surface area contributed by atoms with Gasteiger partial charge in [0.05, 0.1) is 13.0 Å². The molecule has 2 aromatic heterocycles. The van der Waals surface area contributed by atoms with Crippen molar-refractivity contribution >= 4 is 22.8 Å². The maximum absolute atomic E-state index is 5.98. The van der Waals surface area contributed by atoms with Gasteiger partial charge >= 0.3 is 0 Å². The van der Waals surface area contributed by atoms with Gasteiger partial charge < -0.3 is 14.0 Å². The highest BCUT2D eigenvalue weighted by Gasteiger charge is 2.15.